The lowest BCUT2D eigenvalue weighted by Gasteiger charge is -2.45. The van der Waals surface area contributed by atoms with E-state index in [-0.39, 0.29) is 6.54 Å². The average Bonchev–Trinajstić information content (AvgIpc) is 2.40. The van der Waals surface area contributed by atoms with Gasteiger partial charge in [0.15, 0.2) is 0 Å². The third-order valence-electron chi connectivity index (χ3n) is 4.59. The summed E-state index contributed by atoms with van der Waals surface area (Å²) >= 11 is 0. The molecule has 7 heteroatoms. The molecule has 0 aromatic heterocycles. The zero-order valence-electron chi connectivity index (χ0n) is 12.1. The van der Waals surface area contributed by atoms with Gasteiger partial charge in [0.2, 0.25) is 10.0 Å². The Morgan fingerprint density at radius 3 is 2.50 bits per heavy atom. The quantitative estimate of drug-likeness (QED) is 0.661. The van der Waals surface area contributed by atoms with E-state index >= 15 is 0 Å². The number of piperidine rings is 1. The fraction of sp³-hybridized carbons (Fsp3) is 1.00. The number of nitrogens with zero attached hydrogens (tertiary/aromatic N) is 1. The Bertz CT molecular complexity index is 422. The summed E-state index contributed by atoms with van der Waals surface area (Å²) in [5.74, 6) is 0. The molecule has 0 amide bonds. The third-order valence-corrected chi connectivity index (χ3v) is 5.26. The number of sulfonamides is 1. The average molecular weight is 306 g/mol. The Morgan fingerprint density at radius 2 is 1.95 bits per heavy atom. The number of nitrogens with one attached hydrogen (secondary N) is 1. The maximum absolute atomic E-state index is 11.1. The Morgan fingerprint density at radius 1 is 1.30 bits per heavy atom. The van der Waals surface area contributed by atoms with Crippen molar-refractivity contribution in [3.8, 4) is 0 Å². The molecule has 0 spiro atoms. The zero-order valence-corrected chi connectivity index (χ0v) is 12.9. The second kappa shape index (κ2) is 6.27. The molecule has 1 aliphatic carbocycles. The van der Waals surface area contributed by atoms with Crippen molar-refractivity contribution >= 4 is 10.0 Å². The van der Waals surface area contributed by atoms with E-state index in [0.29, 0.717) is 25.6 Å². The molecule has 0 aromatic carbocycles. The molecule has 6 nitrogen and oxygen atoms in total. The number of aliphatic hydroxyl groups excluding tert-OH is 1. The largest absolute Gasteiger partial charge is 0.389 e. The number of rotatable bonds is 4. The minimum atomic E-state index is -3.35. The van der Waals surface area contributed by atoms with Crippen LogP contribution in [0.3, 0.4) is 0 Å². The van der Waals surface area contributed by atoms with E-state index in [4.69, 9.17) is 0 Å². The van der Waals surface area contributed by atoms with Gasteiger partial charge in [-0.1, -0.05) is 19.3 Å². The smallest absolute Gasteiger partial charge is 0.208 e. The molecule has 1 saturated carbocycles. The predicted octanol–water partition coefficient (Wildman–Crippen LogP) is -0.334. The minimum absolute atomic E-state index is 0.120. The van der Waals surface area contributed by atoms with Crippen molar-refractivity contribution in [1.29, 1.82) is 0 Å². The molecule has 118 valence electrons. The van der Waals surface area contributed by atoms with Gasteiger partial charge in [-0.3, -0.25) is 4.90 Å². The van der Waals surface area contributed by atoms with Gasteiger partial charge in [0.25, 0.3) is 0 Å². The summed E-state index contributed by atoms with van der Waals surface area (Å²) in [5.41, 5.74) is -1.35. The van der Waals surface area contributed by atoms with Gasteiger partial charge in [-0.15, -0.1) is 0 Å². The summed E-state index contributed by atoms with van der Waals surface area (Å²) in [6, 6.07) is 0.505. The molecule has 3 N–H and O–H groups in total. The zero-order chi connectivity index (χ0) is 14.8. The molecule has 2 aliphatic rings. The molecular formula is C13H26N2O4S. The first-order chi connectivity index (χ1) is 9.30. The molecule has 1 heterocycles. The van der Waals surface area contributed by atoms with Crippen LogP contribution < -0.4 is 4.72 Å². The van der Waals surface area contributed by atoms with E-state index in [2.05, 4.69) is 9.62 Å². The van der Waals surface area contributed by atoms with Crippen molar-refractivity contribution in [2.75, 3.05) is 25.9 Å². The summed E-state index contributed by atoms with van der Waals surface area (Å²) < 4.78 is 24.5. The SMILES string of the molecule is CS(=O)(=O)NC[C@]1(O)CCN(C2CCCCC2)C[C@H]1O. The molecule has 1 aliphatic heterocycles. The van der Waals surface area contributed by atoms with Crippen molar-refractivity contribution in [3.63, 3.8) is 0 Å². The Hall–Kier alpha value is -0.210. The number of aliphatic hydroxyl groups is 2. The highest BCUT2D eigenvalue weighted by atomic mass is 32.2. The molecule has 2 rings (SSSR count). The molecular weight excluding hydrogens is 280 g/mol. The van der Waals surface area contributed by atoms with E-state index in [1.54, 1.807) is 0 Å². The van der Waals surface area contributed by atoms with Crippen LogP contribution in [0.2, 0.25) is 0 Å². The second-order valence-corrected chi connectivity index (χ2v) is 8.08. The summed E-state index contributed by atoms with van der Waals surface area (Å²) in [6.45, 7) is 1.02. The van der Waals surface area contributed by atoms with Crippen molar-refractivity contribution in [2.45, 2.75) is 56.3 Å². The summed E-state index contributed by atoms with van der Waals surface area (Å²) in [6.07, 6.45) is 6.61. The van der Waals surface area contributed by atoms with Gasteiger partial charge >= 0.3 is 0 Å². The van der Waals surface area contributed by atoms with Gasteiger partial charge in [-0.05, 0) is 19.3 Å². The van der Waals surface area contributed by atoms with Gasteiger partial charge < -0.3 is 10.2 Å². The maximum atomic E-state index is 11.1. The molecule has 0 unspecified atom stereocenters. The van der Waals surface area contributed by atoms with Crippen LogP contribution in [0.5, 0.6) is 0 Å². The molecule has 20 heavy (non-hydrogen) atoms. The third kappa shape index (κ3) is 4.14. The van der Waals surface area contributed by atoms with Crippen molar-refractivity contribution in [2.24, 2.45) is 0 Å². The molecule has 2 atom stereocenters. The topological polar surface area (TPSA) is 89.9 Å². The second-order valence-electron chi connectivity index (χ2n) is 6.25. The van der Waals surface area contributed by atoms with Gasteiger partial charge in [0.1, 0.15) is 5.60 Å². The lowest BCUT2D eigenvalue weighted by molar-refractivity contribution is -0.122. The van der Waals surface area contributed by atoms with Gasteiger partial charge in [-0.25, -0.2) is 13.1 Å². The minimum Gasteiger partial charge on any atom is -0.389 e. The molecule has 2 fully saturated rings. The Labute approximate surface area is 121 Å². The van der Waals surface area contributed by atoms with Crippen LogP contribution in [0, 0.1) is 0 Å². The van der Waals surface area contributed by atoms with Crippen LogP contribution in [0.15, 0.2) is 0 Å². The standard InChI is InChI=1S/C13H26N2O4S/c1-20(18,19)14-10-13(17)7-8-15(9-12(13)16)11-5-3-2-4-6-11/h11-12,14,16-17H,2-10H2,1H3/t12-,13-/m1/s1. The Balaban J connectivity index is 1.90. The van der Waals surface area contributed by atoms with E-state index in [9.17, 15) is 18.6 Å². The first kappa shape index (κ1) is 16.2. The van der Waals surface area contributed by atoms with E-state index in [0.717, 1.165) is 19.1 Å². The fourth-order valence-electron chi connectivity index (χ4n) is 3.23. The Kier molecular flexibility index (Phi) is 5.07. The van der Waals surface area contributed by atoms with Crippen molar-refractivity contribution in [1.82, 2.24) is 9.62 Å². The van der Waals surface area contributed by atoms with Gasteiger partial charge in [-0.2, -0.15) is 0 Å². The first-order valence-corrected chi connectivity index (χ1v) is 9.28. The highest BCUT2D eigenvalue weighted by Crippen LogP contribution is 2.29. The van der Waals surface area contributed by atoms with E-state index in [1.165, 1.54) is 19.3 Å². The van der Waals surface area contributed by atoms with Crippen molar-refractivity contribution in [3.05, 3.63) is 0 Å². The summed E-state index contributed by atoms with van der Waals surface area (Å²) in [4.78, 5) is 2.25. The van der Waals surface area contributed by atoms with Crippen LogP contribution >= 0.6 is 0 Å². The van der Waals surface area contributed by atoms with Gasteiger partial charge in [0.05, 0.1) is 12.4 Å². The first-order valence-electron chi connectivity index (χ1n) is 7.39. The van der Waals surface area contributed by atoms with E-state index in [1.807, 2.05) is 0 Å². The van der Waals surface area contributed by atoms with Crippen LogP contribution in [0.4, 0.5) is 0 Å². The highest BCUT2D eigenvalue weighted by molar-refractivity contribution is 7.88. The molecule has 0 aromatic rings. The predicted molar refractivity (Wildman–Crippen MR) is 76.9 cm³/mol. The molecule has 0 bridgehead atoms. The highest BCUT2D eigenvalue weighted by Gasteiger charge is 2.42. The van der Waals surface area contributed by atoms with Crippen LogP contribution in [0.25, 0.3) is 0 Å². The van der Waals surface area contributed by atoms with Gasteiger partial charge in [0, 0.05) is 25.7 Å². The van der Waals surface area contributed by atoms with Crippen LogP contribution in [-0.4, -0.2) is 67.2 Å². The lowest BCUT2D eigenvalue weighted by Crippen LogP contribution is -2.61. The summed E-state index contributed by atoms with van der Waals surface area (Å²) in [5, 5.41) is 20.6. The number of hydrogen-bond acceptors (Lipinski definition) is 5. The normalized spacial score (nSPS) is 34.2. The maximum Gasteiger partial charge on any atom is 0.208 e. The van der Waals surface area contributed by atoms with Crippen LogP contribution in [-0.2, 0) is 10.0 Å². The summed E-state index contributed by atoms with van der Waals surface area (Å²) in [7, 11) is -3.35. The lowest BCUT2D eigenvalue weighted by atomic mass is 9.86. The fourth-order valence-corrected chi connectivity index (χ4v) is 3.74. The monoisotopic (exact) mass is 306 g/mol. The van der Waals surface area contributed by atoms with Crippen LogP contribution in [0.1, 0.15) is 38.5 Å². The van der Waals surface area contributed by atoms with E-state index < -0.39 is 21.7 Å². The number of β-amino-alcohol motifs (C(OH)–C–C–N with tert-alkyl or cyclic N) is 1. The molecule has 0 radical (unpaired) electrons. The number of likely N-dealkylation sites (tertiary alicyclic amines) is 1. The number of hydrogen-bond donors (Lipinski definition) is 3. The van der Waals surface area contributed by atoms with Crippen molar-refractivity contribution < 1.29 is 18.6 Å². The molecule has 1 saturated heterocycles.